The summed E-state index contributed by atoms with van der Waals surface area (Å²) in [7, 11) is 0. The van der Waals surface area contributed by atoms with Gasteiger partial charge in [0.05, 0.1) is 23.1 Å². The number of nitrogens with zero attached hydrogens (tertiary/aromatic N) is 4. The van der Waals surface area contributed by atoms with Gasteiger partial charge >= 0.3 is 0 Å². The van der Waals surface area contributed by atoms with Gasteiger partial charge in [-0.1, -0.05) is 24.3 Å². The van der Waals surface area contributed by atoms with Crippen LogP contribution < -0.4 is 4.90 Å². The van der Waals surface area contributed by atoms with E-state index in [1.165, 1.54) is 16.7 Å². The first-order chi connectivity index (χ1) is 11.7. The molecule has 4 rings (SSSR count). The van der Waals surface area contributed by atoms with E-state index in [0.717, 1.165) is 47.1 Å². The Labute approximate surface area is 144 Å². The molecule has 2 aromatic heterocycles. The molecule has 0 atom stereocenters. The number of benzene rings is 1. The van der Waals surface area contributed by atoms with Gasteiger partial charge in [0.2, 0.25) is 0 Å². The third-order valence-corrected chi connectivity index (χ3v) is 5.29. The second-order valence-electron chi connectivity index (χ2n) is 5.90. The van der Waals surface area contributed by atoms with Crippen LogP contribution in [0.3, 0.4) is 0 Å². The molecule has 5 nitrogen and oxygen atoms in total. The zero-order valence-electron chi connectivity index (χ0n) is 13.5. The van der Waals surface area contributed by atoms with Gasteiger partial charge in [0.25, 0.3) is 5.91 Å². The Morgan fingerprint density at radius 1 is 1.08 bits per heavy atom. The fraction of sp³-hybridized carbons (Fsp3) is 0.278. The number of carbonyl (C=O) groups is 1. The third-order valence-electron chi connectivity index (χ3n) is 4.39. The maximum absolute atomic E-state index is 12.5. The van der Waals surface area contributed by atoms with Crippen molar-refractivity contribution in [1.29, 1.82) is 0 Å². The van der Waals surface area contributed by atoms with E-state index < -0.39 is 0 Å². The molecule has 1 aliphatic rings. The molecule has 1 saturated heterocycles. The predicted molar refractivity (Wildman–Crippen MR) is 96.7 cm³/mol. The number of hydrogen-bond acceptors (Lipinski definition) is 5. The van der Waals surface area contributed by atoms with Gasteiger partial charge in [0.15, 0.2) is 0 Å². The standard InChI is InChI=1S/C18H18N4OS/c1-13-20-12-17(24-13)18(23)22-8-6-21(7-9-22)16-11-19-10-14-4-2-3-5-15(14)16/h2-5,10-12H,6-9H2,1H3. The molecule has 3 aromatic rings. The lowest BCUT2D eigenvalue weighted by molar-refractivity contribution is 0.0751. The fourth-order valence-corrected chi connectivity index (χ4v) is 3.86. The van der Waals surface area contributed by atoms with Crippen LogP contribution in [0.4, 0.5) is 5.69 Å². The van der Waals surface area contributed by atoms with E-state index >= 15 is 0 Å². The van der Waals surface area contributed by atoms with Crippen molar-refractivity contribution in [2.45, 2.75) is 6.92 Å². The summed E-state index contributed by atoms with van der Waals surface area (Å²) in [6, 6.07) is 8.29. The van der Waals surface area contributed by atoms with Gasteiger partial charge in [-0.25, -0.2) is 4.98 Å². The minimum absolute atomic E-state index is 0.0938. The molecule has 122 valence electrons. The highest BCUT2D eigenvalue weighted by Crippen LogP contribution is 2.26. The van der Waals surface area contributed by atoms with Gasteiger partial charge in [-0.15, -0.1) is 11.3 Å². The number of aryl methyl sites for hydroxylation is 1. The molecular weight excluding hydrogens is 320 g/mol. The average molecular weight is 338 g/mol. The number of fused-ring (bicyclic) bond motifs is 1. The Bertz CT molecular complexity index is 878. The van der Waals surface area contributed by atoms with E-state index in [1.54, 1.807) is 6.20 Å². The molecule has 1 aliphatic heterocycles. The van der Waals surface area contributed by atoms with E-state index in [4.69, 9.17) is 0 Å². The zero-order chi connectivity index (χ0) is 16.5. The van der Waals surface area contributed by atoms with Crippen molar-refractivity contribution in [2.24, 2.45) is 0 Å². The first-order valence-corrected chi connectivity index (χ1v) is 8.83. The van der Waals surface area contributed by atoms with Crippen molar-refractivity contribution in [2.75, 3.05) is 31.1 Å². The largest absolute Gasteiger partial charge is 0.366 e. The van der Waals surface area contributed by atoms with Crippen molar-refractivity contribution in [3.05, 3.63) is 52.7 Å². The second kappa shape index (κ2) is 6.20. The summed E-state index contributed by atoms with van der Waals surface area (Å²) in [6.45, 7) is 5.00. The van der Waals surface area contributed by atoms with Crippen LogP contribution in [0.2, 0.25) is 0 Å². The van der Waals surface area contributed by atoms with Gasteiger partial charge in [0.1, 0.15) is 4.88 Å². The highest BCUT2D eigenvalue weighted by Gasteiger charge is 2.24. The second-order valence-corrected chi connectivity index (χ2v) is 7.14. The van der Waals surface area contributed by atoms with E-state index in [9.17, 15) is 4.79 Å². The number of piperazine rings is 1. The number of carbonyl (C=O) groups excluding carboxylic acids is 1. The summed E-state index contributed by atoms with van der Waals surface area (Å²) in [5.74, 6) is 0.0938. The van der Waals surface area contributed by atoms with E-state index in [-0.39, 0.29) is 5.91 Å². The van der Waals surface area contributed by atoms with Crippen LogP contribution in [0.25, 0.3) is 10.8 Å². The summed E-state index contributed by atoms with van der Waals surface area (Å²) in [4.78, 5) is 26.0. The Morgan fingerprint density at radius 3 is 2.62 bits per heavy atom. The summed E-state index contributed by atoms with van der Waals surface area (Å²) in [6.07, 6.45) is 5.50. The fourth-order valence-electron chi connectivity index (χ4n) is 3.12. The van der Waals surface area contributed by atoms with E-state index in [0.29, 0.717) is 0 Å². The molecule has 0 saturated carbocycles. The minimum Gasteiger partial charge on any atom is -0.366 e. The van der Waals surface area contributed by atoms with Gasteiger partial charge in [-0.2, -0.15) is 0 Å². The number of amides is 1. The Morgan fingerprint density at radius 2 is 1.88 bits per heavy atom. The lowest BCUT2D eigenvalue weighted by Gasteiger charge is -2.36. The Kier molecular flexibility index (Phi) is 3.90. The third kappa shape index (κ3) is 2.73. The van der Waals surface area contributed by atoms with Crippen LogP contribution in [0, 0.1) is 6.92 Å². The molecule has 1 fully saturated rings. The zero-order valence-corrected chi connectivity index (χ0v) is 14.3. The van der Waals surface area contributed by atoms with Gasteiger partial charge in [-0.3, -0.25) is 9.78 Å². The van der Waals surface area contributed by atoms with Crippen LogP contribution in [0.15, 0.2) is 42.9 Å². The molecule has 24 heavy (non-hydrogen) atoms. The molecule has 0 N–H and O–H groups in total. The van der Waals surface area contributed by atoms with Crippen LogP contribution in [0.5, 0.6) is 0 Å². The number of thiazole rings is 1. The minimum atomic E-state index is 0.0938. The normalized spacial score (nSPS) is 15.0. The van der Waals surface area contributed by atoms with Gasteiger partial charge in [0, 0.05) is 43.1 Å². The number of aromatic nitrogens is 2. The highest BCUT2D eigenvalue weighted by atomic mass is 32.1. The summed E-state index contributed by atoms with van der Waals surface area (Å²) < 4.78 is 0. The van der Waals surface area contributed by atoms with Crippen LogP contribution in [0.1, 0.15) is 14.7 Å². The van der Waals surface area contributed by atoms with Crippen molar-refractivity contribution in [1.82, 2.24) is 14.9 Å². The molecule has 1 aromatic carbocycles. The Hall–Kier alpha value is -2.47. The predicted octanol–water partition coefficient (Wildman–Crippen LogP) is 2.96. The summed E-state index contributed by atoms with van der Waals surface area (Å²) in [5, 5.41) is 3.29. The molecule has 0 spiro atoms. The van der Waals surface area contributed by atoms with Crippen LogP contribution in [-0.4, -0.2) is 47.0 Å². The molecule has 1 amide bonds. The van der Waals surface area contributed by atoms with Crippen molar-refractivity contribution >= 4 is 33.7 Å². The number of hydrogen-bond donors (Lipinski definition) is 0. The quantitative estimate of drug-likeness (QED) is 0.721. The summed E-state index contributed by atoms with van der Waals surface area (Å²) >= 11 is 1.46. The Balaban J connectivity index is 1.50. The van der Waals surface area contributed by atoms with Crippen molar-refractivity contribution < 1.29 is 4.79 Å². The maximum atomic E-state index is 12.5. The SMILES string of the molecule is Cc1ncc(C(=O)N2CCN(c3cncc4ccccc34)CC2)s1. The van der Waals surface area contributed by atoms with Crippen molar-refractivity contribution in [3.63, 3.8) is 0 Å². The number of anilines is 1. The smallest absolute Gasteiger partial charge is 0.265 e. The van der Waals surface area contributed by atoms with Gasteiger partial charge < -0.3 is 9.80 Å². The molecule has 3 heterocycles. The van der Waals surface area contributed by atoms with E-state index in [2.05, 4.69) is 33.1 Å². The number of pyridine rings is 1. The average Bonchev–Trinajstić information content (AvgIpc) is 3.07. The molecule has 0 aliphatic carbocycles. The van der Waals surface area contributed by atoms with E-state index in [1.807, 2.05) is 30.3 Å². The van der Waals surface area contributed by atoms with Gasteiger partial charge in [-0.05, 0) is 6.92 Å². The first kappa shape index (κ1) is 15.1. The van der Waals surface area contributed by atoms with Crippen molar-refractivity contribution in [3.8, 4) is 0 Å². The summed E-state index contributed by atoms with van der Waals surface area (Å²) in [5.41, 5.74) is 1.15. The van der Waals surface area contributed by atoms with Crippen LogP contribution in [-0.2, 0) is 0 Å². The highest BCUT2D eigenvalue weighted by molar-refractivity contribution is 7.13. The molecule has 0 bridgehead atoms. The lowest BCUT2D eigenvalue weighted by Crippen LogP contribution is -2.48. The molecule has 0 radical (unpaired) electrons. The number of rotatable bonds is 2. The van der Waals surface area contributed by atoms with Crippen LogP contribution >= 0.6 is 11.3 Å². The monoisotopic (exact) mass is 338 g/mol. The lowest BCUT2D eigenvalue weighted by atomic mass is 10.1. The maximum Gasteiger partial charge on any atom is 0.265 e. The molecule has 0 unspecified atom stereocenters. The molecule has 6 heteroatoms. The molecular formula is C18H18N4OS. The first-order valence-electron chi connectivity index (χ1n) is 8.02. The topological polar surface area (TPSA) is 49.3 Å².